The lowest BCUT2D eigenvalue weighted by Gasteiger charge is -2.14. The molecule has 0 saturated carbocycles. The lowest BCUT2D eigenvalue weighted by molar-refractivity contribution is 0.417. The van der Waals surface area contributed by atoms with Crippen LogP contribution in [0.15, 0.2) is 42.5 Å². The summed E-state index contributed by atoms with van der Waals surface area (Å²) in [5, 5.41) is 7.53. The van der Waals surface area contributed by atoms with E-state index in [1.54, 1.807) is 7.11 Å². The summed E-state index contributed by atoms with van der Waals surface area (Å²) >= 11 is 11.4. The van der Waals surface area contributed by atoms with Gasteiger partial charge in [-0.15, -0.1) is 0 Å². The van der Waals surface area contributed by atoms with Crippen molar-refractivity contribution < 1.29 is 4.74 Å². The molecule has 0 spiro atoms. The van der Waals surface area contributed by atoms with Gasteiger partial charge in [-0.1, -0.05) is 35.9 Å². The van der Waals surface area contributed by atoms with Gasteiger partial charge in [0.15, 0.2) is 5.11 Å². The highest BCUT2D eigenvalue weighted by atomic mass is 35.5. The smallest absolute Gasteiger partial charge is 0.171 e. The molecule has 0 amide bonds. The number of hydrogen-bond acceptors (Lipinski definition) is 2. The third kappa shape index (κ3) is 4.34. The standard InChI is InChI=1S/C16H17ClN2OS/c1-11-7-8-15(20-2)14(9-11)19-16(21)18-10-12-5-3-4-6-13(12)17/h3-9H,10H2,1-2H3,(H2,18,19,21). The number of benzene rings is 2. The second-order valence-corrected chi connectivity index (χ2v) is 5.42. The first kappa shape index (κ1) is 15.6. The van der Waals surface area contributed by atoms with Crippen LogP contribution in [0.4, 0.5) is 5.69 Å². The minimum atomic E-state index is 0.527. The van der Waals surface area contributed by atoms with Gasteiger partial charge in [0.1, 0.15) is 5.75 Å². The van der Waals surface area contributed by atoms with Gasteiger partial charge in [-0.25, -0.2) is 0 Å². The van der Waals surface area contributed by atoms with Gasteiger partial charge in [0.05, 0.1) is 12.8 Å². The fraction of sp³-hybridized carbons (Fsp3) is 0.188. The maximum Gasteiger partial charge on any atom is 0.171 e. The van der Waals surface area contributed by atoms with E-state index < -0.39 is 0 Å². The van der Waals surface area contributed by atoms with Crippen LogP contribution in [-0.4, -0.2) is 12.2 Å². The predicted molar refractivity (Wildman–Crippen MR) is 92.2 cm³/mol. The number of anilines is 1. The number of hydrogen-bond donors (Lipinski definition) is 2. The van der Waals surface area contributed by atoms with E-state index in [2.05, 4.69) is 10.6 Å². The van der Waals surface area contributed by atoms with Gasteiger partial charge in [-0.2, -0.15) is 0 Å². The fourth-order valence-electron chi connectivity index (χ4n) is 1.90. The average Bonchev–Trinajstić information content (AvgIpc) is 2.47. The van der Waals surface area contributed by atoms with Crippen LogP contribution in [0.5, 0.6) is 5.75 Å². The second kappa shape index (κ2) is 7.29. The molecule has 0 saturated heterocycles. The van der Waals surface area contributed by atoms with Crippen molar-refractivity contribution in [3.05, 3.63) is 58.6 Å². The number of halogens is 1. The highest BCUT2D eigenvalue weighted by Gasteiger charge is 2.06. The molecule has 0 aromatic heterocycles. The zero-order chi connectivity index (χ0) is 15.2. The molecule has 5 heteroatoms. The Kier molecular flexibility index (Phi) is 5.42. The molecular formula is C16H17ClN2OS. The SMILES string of the molecule is COc1ccc(C)cc1NC(=S)NCc1ccccc1Cl. The van der Waals surface area contributed by atoms with Crippen molar-refractivity contribution in [3.8, 4) is 5.75 Å². The summed E-state index contributed by atoms with van der Waals surface area (Å²) in [6.45, 7) is 2.59. The number of aryl methyl sites for hydroxylation is 1. The third-order valence-corrected chi connectivity index (χ3v) is 3.62. The lowest BCUT2D eigenvalue weighted by Crippen LogP contribution is -2.28. The Bertz CT molecular complexity index is 646. The number of ether oxygens (including phenoxy) is 1. The second-order valence-electron chi connectivity index (χ2n) is 4.60. The Morgan fingerprint density at radius 2 is 2.00 bits per heavy atom. The van der Waals surface area contributed by atoms with Crippen LogP contribution < -0.4 is 15.4 Å². The molecule has 0 aliphatic rings. The third-order valence-electron chi connectivity index (χ3n) is 3.00. The largest absolute Gasteiger partial charge is 0.495 e. The number of thiocarbonyl (C=S) groups is 1. The first-order chi connectivity index (χ1) is 10.1. The van der Waals surface area contributed by atoms with Gasteiger partial charge < -0.3 is 15.4 Å². The minimum absolute atomic E-state index is 0.527. The van der Waals surface area contributed by atoms with Crippen LogP contribution in [0.3, 0.4) is 0 Å². The van der Waals surface area contributed by atoms with E-state index in [1.807, 2.05) is 49.4 Å². The summed E-state index contributed by atoms with van der Waals surface area (Å²) in [7, 11) is 1.63. The molecule has 2 aromatic carbocycles. The molecule has 0 heterocycles. The van der Waals surface area contributed by atoms with Gasteiger partial charge >= 0.3 is 0 Å². The van der Waals surface area contributed by atoms with Gasteiger partial charge in [0.25, 0.3) is 0 Å². The molecule has 0 fully saturated rings. The van der Waals surface area contributed by atoms with Crippen molar-refractivity contribution in [2.24, 2.45) is 0 Å². The van der Waals surface area contributed by atoms with E-state index >= 15 is 0 Å². The van der Waals surface area contributed by atoms with Crippen molar-refractivity contribution in [2.75, 3.05) is 12.4 Å². The zero-order valence-corrected chi connectivity index (χ0v) is 13.5. The van der Waals surface area contributed by atoms with E-state index in [4.69, 9.17) is 28.6 Å². The molecular weight excluding hydrogens is 304 g/mol. The van der Waals surface area contributed by atoms with Gasteiger partial charge in [-0.3, -0.25) is 0 Å². The molecule has 21 heavy (non-hydrogen) atoms. The molecule has 0 bridgehead atoms. The Balaban J connectivity index is 1.99. The zero-order valence-electron chi connectivity index (χ0n) is 11.9. The summed E-state index contributed by atoms with van der Waals surface area (Å²) in [6, 6.07) is 13.6. The van der Waals surface area contributed by atoms with E-state index in [0.29, 0.717) is 11.7 Å². The number of rotatable bonds is 4. The summed E-state index contributed by atoms with van der Waals surface area (Å²) in [5.41, 5.74) is 2.97. The summed E-state index contributed by atoms with van der Waals surface area (Å²) in [4.78, 5) is 0. The molecule has 2 aromatic rings. The van der Waals surface area contributed by atoms with Crippen LogP contribution in [0.2, 0.25) is 5.02 Å². The number of nitrogens with one attached hydrogen (secondary N) is 2. The molecule has 2 N–H and O–H groups in total. The molecule has 0 atom stereocenters. The van der Waals surface area contributed by atoms with E-state index in [0.717, 1.165) is 27.6 Å². The summed E-state index contributed by atoms with van der Waals surface area (Å²) in [6.07, 6.45) is 0. The predicted octanol–water partition coefficient (Wildman–Crippen LogP) is 4.14. The summed E-state index contributed by atoms with van der Waals surface area (Å²) < 4.78 is 5.31. The van der Waals surface area contributed by atoms with Crippen molar-refractivity contribution in [1.82, 2.24) is 5.32 Å². The molecule has 2 rings (SSSR count). The van der Waals surface area contributed by atoms with Crippen LogP contribution in [0, 0.1) is 6.92 Å². The van der Waals surface area contributed by atoms with Gasteiger partial charge in [0.2, 0.25) is 0 Å². The Morgan fingerprint density at radius 3 is 2.71 bits per heavy atom. The molecule has 0 radical (unpaired) electrons. The van der Waals surface area contributed by atoms with Crippen LogP contribution >= 0.6 is 23.8 Å². The van der Waals surface area contributed by atoms with E-state index in [1.165, 1.54) is 0 Å². The monoisotopic (exact) mass is 320 g/mol. The van der Waals surface area contributed by atoms with Crippen LogP contribution in [0.25, 0.3) is 0 Å². The van der Waals surface area contributed by atoms with E-state index in [-0.39, 0.29) is 0 Å². The fourth-order valence-corrected chi connectivity index (χ4v) is 2.29. The quantitative estimate of drug-likeness (QED) is 0.829. The molecule has 0 unspecified atom stereocenters. The van der Waals surface area contributed by atoms with Gasteiger partial charge in [-0.05, 0) is 48.5 Å². The Morgan fingerprint density at radius 1 is 1.24 bits per heavy atom. The average molecular weight is 321 g/mol. The Labute approximate surface area is 135 Å². The number of methoxy groups -OCH3 is 1. The first-order valence-electron chi connectivity index (χ1n) is 6.53. The Hall–Kier alpha value is -1.78. The maximum absolute atomic E-state index is 6.11. The van der Waals surface area contributed by atoms with Crippen molar-refractivity contribution in [1.29, 1.82) is 0 Å². The first-order valence-corrected chi connectivity index (χ1v) is 7.31. The van der Waals surface area contributed by atoms with Crippen molar-refractivity contribution in [3.63, 3.8) is 0 Å². The molecule has 3 nitrogen and oxygen atoms in total. The van der Waals surface area contributed by atoms with Gasteiger partial charge in [0, 0.05) is 11.6 Å². The van der Waals surface area contributed by atoms with Crippen molar-refractivity contribution in [2.45, 2.75) is 13.5 Å². The topological polar surface area (TPSA) is 33.3 Å². The normalized spacial score (nSPS) is 10.0. The van der Waals surface area contributed by atoms with Crippen LogP contribution in [-0.2, 0) is 6.54 Å². The van der Waals surface area contributed by atoms with E-state index in [9.17, 15) is 0 Å². The highest BCUT2D eigenvalue weighted by molar-refractivity contribution is 7.80. The maximum atomic E-state index is 6.11. The molecule has 0 aliphatic heterocycles. The highest BCUT2D eigenvalue weighted by Crippen LogP contribution is 2.25. The van der Waals surface area contributed by atoms with Crippen molar-refractivity contribution >= 4 is 34.6 Å². The molecule has 110 valence electrons. The summed E-state index contributed by atoms with van der Waals surface area (Å²) in [5.74, 6) is 0.752. The van der Waals surface area contributed by atoms with Crippen LogP contribution in [0.1, 0.15) is 11.1 Å². The molecule has 0 aliphatic carbocycles. The lowest BCUT2D eigenvalue weighted by atomic mass is 10.2. The minimum Gasteiger partial charge on any atom is -0.495 e.